The van der Waals surface area contributed by atoms with Gasteiger partial charge in [-0.2, -0.15) is 0 Å². The summed E-state index contributed by atoms with van der Waals surface area (Å²) in [6.45, 7) is 19.8. The zero-order valence-corrected chi connectivity index (χ0v) is 29.9. The predicted octanol–water partition coefficient (Wildman–Crippen LogP) is 8.76. The molecule has 7 heteroatoms. The minimum Gasteiger partial charge on any atom is -0.411 e. The molecule has 0 amide bonds. The monoisotopic (exact) mass is 632 g/mol. The van der Waals surface area contributed by atoms with Crippen molar-refractivity contribution in [3.8, 4) is 0 Å². The van der Waals surface area contributed by atoms with Crippen LogP contribution in [-0.2, 0) is 42.9 Å². The summed E-state index contributed by atoms with van der Waals surface area (Å²) in [5, 5.41) is 0.0508. The number of ether oxygens (including phenoxy) is 3. The largest absolute Gasteiger partial charge is 0.411 e. The first-order valence-electron chi connectivity index (χ1n) is 16.1. The zero-order chi connectivity index (χ0) is 31.6. The molecule has 238 valence electrons. The topological polar surface area (TPSA) is 46.2 Å². The van der Waals surface area contributed by atoms with E-state index in [1.807, 2.05) is 18.2 Å². The van der Waals surface area contributed by atoms with Crippen LogP contribution in [0.3, 0.4) is 0 Å². The number of hydrogen-bond acceptors (Lipinski definition) is 5. The van der Waals surface area contributed by atoms with Gasteiger partial charge >= 0.3 is 0 Å². The lowest BCUT2D eigenvalue weighted by molar-refractivity contribution is -0.229. The quantitative estimate of drug-likeness (QED) is 0.176. The number of hydrogen-bond donors (Lipinski definition) is 0. The molecule has 3 aromatic rings. The highest BCUT2D eigenvalue weighted by Gasteiger charge is 2.73. The Bertz CT molecular complexity index is 1320. The van der Waals surface area contributed by atoms with Crippen LogP contribution in [0.4, 0.5) is 0 Å². The summed E-state index contributed by atoms with van der Waals surface area (Å²) in [5.41, 5.74) is 2.92. The van der Waals surface area contributed by atoms with E-state index in [0.29, 0.717) is 19.8 Å². The molecule has 0 unspecified atom stereocenters. The lowest BCUT2D eigenvalue weighted by Gasteiger charge is -2.50. The van der Waals surface area contributed by atoms with Crippen LogP contribution in [-0.4, -0.2) is 46.7 Å². The Kier molecular flexibility index (Phi) is 10.1. The van der Waals surface area contributed by atoms with Gasteiger partial charge in [0.2, 0.25) is 0 Å². The molecule has 2 saturated carbocycles. The van der Waals surface area contributed by atoms with Gasteiger partial charge < -0.3 is 23.1 Å². The molecule has 2 aliphatic carbocycles. The maximum Gasteiger partial charge on any atom is 0.192 e. The van der Waals surface area contributed by atoms with E-state index in [1.54, 1.807) is 0 Å². The second-order valence-corrected chi connectivity index (χ2v) is 24.2. The second kappa shape index (κ2) is 13.3. The number of rotatable bonds is 13. The Morgan fingerprint density at radius 2 is 1.05 bits per heavy atom. The Morgan fingerprint density at radius 3 is 1.48 bits per heavy atom. The molecular weight excluding hydrogens is 581 g/mol. The van der Waals surface area contributed by atoms with Crippen molar-refractivity contribution < 1.29 is 23.1 Å². The van der Waals surface area contributed by atoms with Gasteiger partial charge in [0.1, 0.15) is 18.3 Å². The predicted molar refractivity (Wildman–Crippen MR) is 182 cm³/mol. The number of fused-ring (bicyclic) bond motifs is 1. The first-order valence-corrected chi connectivity index (χ1v) is 22.5. The first-order chi connectivity index (χ1) is 20.8. The van der Waals surface area contributed by atoms with Gasteiger partial charge in [0.05, 0.1) is 31.5 Å². The van der Waals surface area contributed by atoms with Gasteiger partial charge in [0.25, 0.3) is 0 Å². The average molecular weight is 633 g/mol. The molecule has 2 aliphatic rings. The molecule has 44 heavy (non-hydrogen) atoms. The normalized spacial score (nSPS) is 27.1. The van der Waals surface area contributed by atoms with Crippen LogP contribution in [0.15, 0.2) is 91.0 Å². The van der Waals surface area contributed by atoms with Gasteiger partial charge in [-0.3, -0.25) is 0 Å². The van der Waals surface area contributed by atoms with Crippen molar-refractivity contribution in [3.05, 3.63) is 108 Å². The van der Waals surface area contributed by atoms with Crippen molar-refractivity contribution in [1.29, 1.82) is 0 Å². The maximum absolute atomic E-state index is 7.34. The maximum atomic E-state index is 7.34. The molecule has 5 nitrogen and oxygen atoms in total. The van der Waals surface area contributed by atoms with Crippen molar-refractivity contribution in [2.24, 2.45) is 5.92 Å². The molecule has 0 aromatic heterocycles. The van der Waals surface area contributed by atoms with E-state index in [2.05, 4.69) is 126 Å². The molecule has 0 spiro atoms. The van der Waals surface area contributed by atoms with E-state index in [4.69, 9.17) is 23.1 Å². The van der Waals surface area contributed by atoms with Crippen molar-refractivity contribution in [2.75, 3.05) is 0 Å². The fraction of sp³-hybridized carbons (Fsp3) is 0.514. The molecule has 0 aliphatic heterocycles. The van der Waals surface area contributed by atoms with Crippen LogP contribution in [0.1, 0.15) is 43.9 Å². The summed E-state index contributed by atoms with van der Waals surface area (Å²) in [7, 11) is -4.16. The third-order valence-corrected chi connectivity index (χ3v) is 14.9. The van der Waals surface area contributed by atoms with Gasteiger partial charge in [-0.15, -0.1) is 0 Å². The third kappa shape index (κ3) is 7.81. The lowest BCUT2D eigenvalue weighted by Crippen LogP contribution is -2.64. The molecule has 0 bridgehead atoms. The minimum atomic E-state index is -2.18. The summed E-state index contributed by atoms with van der Waals surface area (Å²) in [4.78, 5) is 0. The van der Waals surface area contributed by atoms with Gasteiger partial charge in [0, 0.05) is 5.92 Å². The van der Waals surface area contributed by atoms with Crippen molar-refractivity contribution in [3.63, 3.8) is 0 Å². The molecule has 2 fully saturated rings. The van der Waals surface area contributed by atoms with Crippen molar-refractivity contribution in [2.45, 2.75) is 115 Å². The van der Waals surface area contributed by atoms with Gasteiger partial charge in [-0.05, 0) is 60.9 Å². The van der Waals surface area contributed by atoms with Gasteiger partial charge in [0.15, 0.2) is 16.6 Å². The highest BCUT2D eigenvalue weighted by Crippen LogP contribution is 2.61. The van der Waals surface area contributed by atoms with Crippen LogP contribution in [0.2, 0.25) is 37.8 Å². The molecule has 0 radical (unpaired) electrons. The molecule has 0 saturated heterocycles. The van der Waals surface area contributed by atoms with Crippen molar-refractivity contribution >= 4 is 16.6 Å². The summed E-state index contributed by atoms with van der Waals surface area (Å²) in [6, 6.07) is 31.2. The molecule has 0 N–H and O–H groups in total. The van der Waals surface area contributed by atoms with Crippen LogP contribution >= 0.6 is 0 Å². The van der Waals surface area contributed by atoms with Crippen LogP contribution in [0.25, 0.3) is 0 Å². The van der Waals surface area contributed by atoms with Crippen LogP contribution in [0.5, 0.6) is 0 Å². The Balaban J connectivity index is 1.55. The van der Waals surface area contributed by atoms with E-state index in [9.17, 15) is 0 Å². The van der Waals surface area contributed by atoms with Crippen LogP contribution in [0, 0.1) is 5.92 Å². The van der Waals surface area contributed by atoms with Crippen molar-refractivity contribution in [1.82, 2.24) is 0 Å². The van der Waals surface area contributed by atoms with E-state index in [0.717, 1.165) is 23.1 Å². The molecule has 3 aromatic carbocycles. The molecular formula is C37H52O5Si2. The average Bonchev–Trinajstić information content (AvgIpc) is 3.69. The Labute approximate surface area is 267 Å². The summed E-state index contributed by atoms with van der Waals surface area (Å²) >= 11 is 0. The molecule has 6 atom stereocenters. The van der Waals surface area contributed by atoms with E-state index in [-0.39, 0.29) is 35.4 Å². The fourth-order valence-corrected chi connectivity index (χ4v) is 9.01. The SMILES string of the molecule is CC(C)(C)[Si](C)(C)O[C@H]1[C@H](OCc2ccccc2)[C@@H](OCc2ccccc2)[C@H](OCc2ccccc2)[C@@]2(O[Si](C)(C)C)C[C@@H]12. The fourth-order valence-electron chi connectivity index (χ4n) is 6.19. The van der Waals surface area contributed by atoms with Gasteiger partial charge in [-0.1, -0.05) is 112 Å². The highest BCUT2D eigenvalue weighted by molar-refractivity contribution is 6.74. The standard InChI is InChI=1S/C37H52O5Si2/c1-36(2,3)44(7,8)41-32-31-24-37(31,42-43(4,5)6)35(40-27-30-22-16-11-17-23-30)34(39-26-29-20-14-10-15-21-29)33(32)38-25-28-18-12-9-13-19-28/h9-23,31-35H,24-27H2,1-8H3/t31-,32+,33-,34+,35-,37+/m0/s1. The van der Waals surface area contributed by atoms with E-state index < -0.39 is 22.2 Å². The van der Waals surface area contributed by atoms with Crippen LogP contribution < -0.4 is 0 Å². The smallest absolute Gasteiger partial charge is 0.192 e. The molecule has 0 heterocycles. The Morgan fingerprint density at radius 1 is 0.614 bits per heavy atom. The minimum absolute atomic E-state index is 0.0508. The number of benzene rings is 3. The summed E-state index contributed by atoms with van der Waals surface area (Å²) in [5.74, 6) is 0.168. The van der Waals surface area contributed by atoms with E-state index >= 15 is 0 Å². The van der Waals surface area contributed by atoms with Gasteiger partial charge in [-0.25, -0.2) is 0 Å². The summed E-state index contributed by atoms with van der Waals surface area (Å²) in [6.07, 6.45) is -0.282. The first kappa shape index (κ1) is 33.3. The van der Waals surface area contributed by atoms with E-state index in [1.165, 1.54) is 0 Å². The highest BCUT2D eigenvalue weighted by atomic mass is 28.4. The lowest BCUT2D eigenvalue weighted by atomic mass is 9.86. The zero-order valence-electron chi connectivity index (χ0n) is 27.9. The third-order valence-electron chi connectivity index (χ3n) is 9.41. The Hall–Kier alpha value is -2.11. The molecule has 5 rings (SSSR count). The second-order valence-electron chi connectivity index (χ2n) is 15.1. The summed E-state index contributed by atoms with van der Waals surface area (Å²) < 4.78 is 35.4.